The maximum Gasteiger partial charge on any atom is 0.326 e. The van der Waals surface area contributed by atoms with E-state index in [1.54, 1.807) is 7.11 Å². The van der Waals surface area contributed by atoms with Crippen LogP contribution in [0.4, 0.5) is 5.82 Å². The highest BCUT2D eigenvalue weighted by atomic mass is 16.5. The second-order valence-electron chi connectivity index (χ2n) is 4.74. The molecule has 0 bridgehead atoms. The van der Waals surface area contributed by atoms with Gasteiger partial charge in [-0.2, -0.15) is 0 Å². The van der Waals surface area contributed by atoms with E-state index < -0.39 is 12.0 Å². The zero-order valence-electron chi connectivity index (χ0n) is 11.3. The summed E-state index contributed by atoms with van der Waals surface area (Å²) in [6, 6.07) is 1.33. The Labute approximate surface area is 112 Å². The van der Waals surface area contributed by atoms with E-state index >= 15 is 0 Å². The van der Waals surface area contributed by atoms with Gasteiger partial charge < -0.3 is 14.7 Å². The molecule has 1 aliphatic heterocycles. The van der Waals surface area contributed by atoms with Crippen molar-refractivity contribution < 1.29 is 14.6 Å². The minimum absolute atomic E-state index is 0.405. The number of methoxy groups -OCH3 is 1. The summed E-state index contributed by atoms with van der Waals surface area (Å²) in [6.45, 7) is 2.93. The van der Waals surface area contributed by atoms with Crippen molar-refractivity contribution in [2.45, 2.75) is 38.8 Å². The molecule has 0 radical (unpaired) electrons. The van der Waals surface area contributed by atoms with Crippen molar-refractivity contribution in [1.29, 1.82) is 0 Å². The lowest BCUT2D eigenvalue weighted by atomic mass is 10.0. The third kappa shape index (κ3) is 3.20. The Morgan fingerprint density at radius 2 is 2.32 bits per heavy atom. The van der Waals surface area contributed by atoms with Gasteiger partial charge in [0.1, 0.15) is 17.7 Å². The normalized spacial score (nSPS) is 19.5. The van der Waals surface area contributed by atoms with Crippen LogP contribution < -0.4 is 4.90 Å². The van der Waals surface area contributed by atoms with Gasteiger partial charge in [-0.3, -0.25) is 0 Å². The Morgan fingerprint density at radius 1 is 1.53 bits per heavy atom. The summed E-state index contributed by atoms with van der Waals surface area (Å²) < 4.78 is 5.07. The van der Waals surface area contributed by atoms with Gasteiger partial charge in [0, 0.05) is 19.7 Å². The molecule has 2 heterocycles. The Hall–Kier alpha value is -1.69. The van der Waals surface area contributed by atoms with Crippen molar-refractivity contribution in [1.82, 2.24) is 9.97 Å². The van der Waals surface area contributed by atoms with E-state index in [4.69, 9.17) is 4.74 Å². The fourth-order valence-electron chi connectivity index (χ4n) is 2.44. The number of carbonyl (C=O) groups is 1. The van der Waals surface area contributed by atoms with Crippen LogP contribution in [0.1, 0.15) is 30.8 Å². The van der Waals surface area contributed by atoms with Crippen LogP contribution in [0.3, 0.4) is 0 Å². The predicted molar refractivity (Wildman–Crippen MR) is 70.1 cm³/mol. The number of carboxylic acid groups (broad SMARTS) is 1. The summed E-state index contributed by atoms with van der Waals surface area (Å²) in [4.78, 5) is 21.8. The minimum atomic E-state index is -0.788. The summed E-state index contributed by atoms with van der Waals surface area (Å²) >= 11 is 0. The molecule has 1 aromatic heterocycles. The molecule has 2 rings (SSSR count). The average molecular weight is 265 g/mol. The van der Waals surface area contributed by atoms with Crippen LogP contribution in [0.15, 0.2) is 6.07 Å². The highest BCUT2D eigenvalue weighted by molar-refractivity contribution is 5.78. The Balaban J connectivity index is 2.30. The number of piperidine rings is 1. The minimum Gasteiger partial charge on any atom is -0.480 e. The topological polar surface area (TPSA) is 75.5 Å². The second kappa shape index (κ2) is 5.97. The maximum absolute atomic E-state index is 11.3. The van der Waals surface area contributed by atoms with Crippen LogP contribution in [0.2, 0.25) is 0 Å². The van der Waals surface area contributed by atoms with Crippen LogP contribution in [0.5, 0.6) is 0 Å². The first kappa shape index (κ1) is 13.7. The highest BCUT2D eigenvalue weighted by Crippen LogP contribution is 2.24. The lowest BCUT2D eigenvalue weighted by Crippen LogP contribution is -2.45. The van der Waals surface area contributed by atoms with Gasteiger partial charge in [0.25, 0.3) is 0 Å². The standard InChI is InChI=1S/C13H19N3O3/c1-9-14-10(8-19-2)7-12(15-9)16-6-4-3-5-11(16)13(17)18/h7,11H,3-6,8H2,1-2H3,(H,17,18). The van der Waals surface area contributed by atoms with E-state index in [-0.39, 0.29) is 0 Å². The van der Waals surface area contributed by atoms with Gasteiger partial charge in [-0.15, -0.1) is 0 Å². The first-order valence-electron chi connectivity index (χ1n) is 6.44. The molecule has 0 saturated carbocycles. The van der Waals surface area contributed by atoms with Crippen LogP contribution in [0, 0.1) is 6.92 Å². The molecule has 1 N–H and O–H groups in total. The molecule has 0 aromatic carbocycles. The largest absolute Gasteiger partial charge is 0.480 e. The smallest absolute Gasteiger partial charge is 0.326 e. The third-order valence-electron chi connectivity index (χ3n) is 3.25. The summed E-state index contributed by atoms with van der Waals surface area (Å²) in [6.07, 6.45) is 2.60. The molecule has 19 heavy (non-hydrogen) atoms. The Kier molecular flexibility index (Phi) is 4.31. The summed E-state index contributed by atoms with van der Waals surface area (Å²) in [5, 5.41) is 9.30. The van der Waals surface area contributed by atoms with Gasteiger partial charge in [-0.25, -0.2) is 14.8 Å². The van der Waals surface area contributed by atoms with Crippen molar-refractivity contribution in [2.75, 3.05) is 18.6 Å². The van der Waals surface area contributed by atoms with Crippen molar-refractivity contribution in [3.05, 3.63) is 17.6 Å². The molecule has 1 fully saturated rings. The molecule has 1 aromatic rings. The van der Waals surface area contributed by atoms with Gasteiger partial charge in [0.05, 0.1) is 12.3 Å². The number of aliphatic carboxylic acids is 1. The van der Waals surface area contributed by atoms with E-state index in [1.807, 2.05) is 17.9 Å². The molecule has 1 aliphatic rings. The summed E-state index contributed by atoms with van der Waals surface area (Å²) in [7, 11) is 1.61. The number of hydrogen-bond acceptors (Lipinski definition) is 5. The molecule has 1 atom stereocenters. The number of hydrogen-bond donors (Lipinski definition) is 1. The number of aromatic nitrogens is 2. The van der Waals surface area contributed by atoms with Crippen molar-refractivity contribution in [2.24, 2.45) is 0 Å². The van der Waals surface area contributed by atoms with Gasteiger partial charge in [-0.05, 0) is 26.2 Å². The Bertz CT molecular complexity index is 464. The van der Waals surface area contributed by atoms with E-state index in [9.17, 15) is 9.90 Å². The number of nitrogens with zero attached hydrogens (tertiary/aromatic N) is 3. The molecule has 0 spiro atoms. The first-order valence-corrected chi connectivity index (χ1v) is 6.44. The van der Waals surface area contributed by atoms with Gasteiger partial charge >= 0.3 is 5.97 Å². The molecular weight excluding hydrogens is 246 g/mol. The average Bonchev–Trinajstić information content (AvgIpc) is 2.38. The lowest BCUT2D eigenvalue weighted by molar-refractivity contribution is -0.139. The first-order chi connectivity index (χ1) is 9.11. The molecule has 1 unspecified atom stereocenters. The van der Waals surface area contributed by atoms with E-state index in [0.717, 1.165) is 25.1 Å². The quantitative estimate of drug-likeness (QED) is 0.886. The number of carboxylic acids is 1. The van der Waals surface area contributed by atoms with E-state index in [0.29, 0.717) is 24.7 Å². The number of ether oxygens (including phenoxy) is 1. The van der Waals surface area contributed by atoms with Crippen LogP contribution in [-0.4, -0.2) is 40.7 Å². The number of anilines is 1. The molecule has 0 amide bonds. The predicted octanol–water partition coefficient (Wildman–Crippen LogP) is 1.37. The number of aryl methyl sites for hydroxylation is 1. The molecule has 6 heteroatoms. The third-order valence-corrected chi connectivity index (χ3v) is 3.25. The molecule has 104 valence electrons. The molecule has 6 nitrogen and oxygen atoms in total. The zero-order valence-corrected chi connectivity index (χ0v) is 11.3. The fraction of sp³-hybridized carbons (Fsp3) is 0.615. The zero-order chi connectivity index (χ0) is 13.8. The summed E-state index contributed by atoms with van der Waals surface area (Å²) in [5.74, 6) is 0.537. The molecular formula is C13H19N3O3. The Morgan fingerprint density at radius 3 is 3.00 bits per heavy atom. The van der Waals surface area contributed by atoms with Gasteiger partial charge in [0.2, 0.25) is 0 Å². The van der Waals surface area contributed by atoms with E-state index in [1.165, 1.54) is 0 Å². The fourth-order valence-corrected chi connectivity index (χ4v) is 2.44. The number of rotatable bonds is 4. The summed E-state index contributed by atoms with van der Waals surface area (Å²) in [5.41, 5.74) is 0.778. The monoisotopic (exact) mass is 265 g/mol. The van der Waals surface area contributed by atoms with E-state index in [2.05, 4.69) is 9.97 Å². The lowest BCUT2D eigenvalue weighted by Gasteiger charge is -2.34. The van der Waals surface area contributed by atoms with Crippen LogP contribution >= 0.6 is 0 Å². The van der Waals surface area contributed by atoms with Gasteiger partial charge in [-0.1, -0.05) is 0 Å². The molecule has 0 aliphatic carbocycles. The van der Waals surface area contributed by atoms with Crippen LogP contribution in [-0.2, 0) is 16.1 Å². The van der Waals surface area contributed by atoms with Crippen molar-refractivity contribution in [3.8, 4) is 0 Å². The van der Waals surface area contributed by atoms with Crippen LogP contribution in [0.25, 0.3) is 0 Å². The van der Waals surface area contributed by atoms with Gasteiger partial charge in [0.15, 0.2) is 0 Å². The second-order valence-corrected chi connectivity index (χ2v) is 4.74. The van der Waals surface area contributed by atoms with Crippen molar-refractivity contribution >= 4 is 11.8 Å². The maximum atomic E-state index is 11.3. The molecule has 1 saturated heterocycles. The van der Waals surface area contributed by atoms with Crippen molar-refractivity contribution in [3.63, 3.8) is 0 Å². The SMILES string of the molecule is COCc1cc(N2CCCCC2C(=O)O)nc(C)n1. The highest BCUT2D eigenvalue weighted by Gasteiger charge is 2.29.